The molecule has 2 aromatic heterocycles. The van der Waals surface area contributed by atoms with Crippen LogP contribution in [0.25, 0.3) is 21.8 Å². The molecule has 1 N–H and O–H groups in total. The number of H-pyrrole nitrogens is 1. The second-order valence-corrected chi connectivity index (χ2v) is 7.24. The highest BCUT2D eigenvalue weighted by atomic mass is 35.5. The molecular formula is C22H18ClN3O6. The van der Waals surface area contributed by atoms with Gasteiger partial charge in [0.1, 0.15) is 5.75 Å². The number of nitro benzene ring substituents is 1. The van der Waals surface area contributed by atoms with Crippen LogP contribution < -0.4 is 4.74 Å². The summed E-state index contributed by atoms with van der Waals surface area (Å²) in [5, 5.41) is 13.0. The summed E-state index contributed by atoms with van der Waals surface area (Å²) in [6.45, 7) is 2.01. The number of nitrogens with one attached hydrogen (secondary N) is 1. The van der Waals surface area contributed by atoms with Gasteiger partial charge in [-0.3, -0.25) is 10.1 Å². The van der Waals surface area contributed by atoms with Gasteiger partial charge in [-0.05, 0) is 31.2 Å². The maximum atomic E-state index is 12.5. The first-order valence-corrected chi connectivity index (χ1v) is 10.0. The van der Waals surface area contributed by atoms with Gasteiger partial charge in [0.15, 0.2) is 5.69 Å². The summed E-state index contributed by atoms with van der Waals surface area (Å²) in [5.41, 5.74) is 1.75. The molecule has 9 nitrogen and oxygen atoms in total. The molecule has 0 saturated carbocycles. The zero-order chi connectivity index (χ0) is 22.8. The Labute approximate surface area is 187 Å². The number of rotatable bonds is 7. The molecule has 164 valence electrons. The predicted octanol–water partition coefficient (Wildman–Crippen LogP) is 5.39. The van der Waals surface area contributed by atoms with E-state index in [1.807, 2.05) is 6.07 Å². The van der Waals surface area contributed by atoms with Crippen molar-refractivity contribution >= 4 is 45.1 Å². The number of methoxy groups -OCH3 is 1. The lowest BCUT2D eigenvalue weighted by Crippen LogP contribution is -2.11. The lowest BCUT2D eigenvalue weighted by atomic mass is 10.0. The Bertz CT molecular complexity index is 1350. The number of nitro groups is 1. The molecule has 4 rings (SSSR count). The molecule has 2 aromatic carbocycles. The van der Waals surface area contributed by atoms with Crippen molar-refractivity contribution in [1.82, 2.24) is 9.97 Å². The number of carbonyl (C=O) groups is 1. The van der Waals surface area contributed by atoms with Crippen molar-refractivity contribution in [3.63, 3.8) is 0 Å². The molecular weight excluding hydrogens is 438 g/mol. The first kappa shape index (κ1) is 21.5. The van der Waals surface area contributed by atoms with Gasteiger partial charge in [0.2, 0.25) is 5.75 Å². The van der Waals surface area contributed by atoms with Crippen LogP contribution >= 0.6 is 11.6 Å². The molecule has 0 atom stereocenters. The number of esters is 1. The van der Waals surface area contributed by atoms with Crippen molar-refractivity contribution in [3.05, 3.63) is 69.0 Å². The quantitative estimate of drug-likeness (QED) is 0.225. The Morgan fingerprint density at radius 3 is 2.72 bits per heavy atom. The van der Waals surface area contributed by atoms with E-state index in [1.165, 1.54) is 31.5 Å². The van der Waals surface area contributed by atoms with Crippen LogP contribution in [0.5, 0.6) is 11.5 Å². The van der Waals surface area contributed by atoms with Crippen LogP contribution in [0.3, 0.4) is 0 Å². The monoisotopic (exact) mass is 455 g/mol. The summed E-state index contributed by atoms with van der Waals surface area (Å²) >= 11 is 5.92. The fraction of sp³-hybridized carbons (Fsp3) is 0.182. The number of fused-ring (bicyclic) bond motifs is 3. The van der Waals surface area contributed by atoms with Crippen molar-refractivity contribution in [2.45, 2.75) is 13.5 Å². The van der Waals surface area contributed by atoms with E-state index in [0.717, 1.165) is 0 Å². The van der Waals surface area contributed by atoms with Gasteiger partial charge in [-0.2, -0.15) is 0 Å². The van der Waals surface area contributed by atoms with Crippen molar-refractivity contribution in [2.24, 2.45) is 0 Å². The second-order valence-electron chi connectivity index (χ2n) is 6.80. The number of benzene rings is 2. The average molecular weight is 456 g/mol. The van der Waals surface area contributed by atoms with Gasteiger partial charge in [-0.1, -0.05) is 17.7 Å². The highest BCUT2D eigenvalue weighted by Gasteiger charge is 2.23. The van der Waals surface area contributed by atoms with E-state index in [4.69, 9.17) is 25.8 Å². The molecule has 0 bridgehead atoms. The van der Waals surface area contributed by atoms with Crippen molar-refractivity contribution in [3.8, 4) is 11.5 Å². The number of carbonyl (C=O) groups excluding carboxylic acids is 1. The maximum absolute atomic E-state index is 12.5. The predicted molar refractivity (Wildman–Crippen MR) is 118 cm³/mol. The highest BCUT2D eigenvalue weighted by Crippen LogP contribution is 2.40. The zero-order valence-electron chi connectivity index (χ0n) is 17.2. The molecule has 2 heterocycles. The molecule has 0 fully saturated rings. The third-order valence-electron chi connectivity index (χ3n) is 4.82. The fourth-order valence-corrected chi connectivity index (χ4v) is 3.72. The molecule has 4 aromatic rings. The van der Waals surface area contributed by atoms with Crippen molar-refractivity contribution < 1.29 is 23.9 Å². The van der Waals surface area contributed by atoms with E-state index in [1.54, 1.807) is 19.1 Å². The number of hydrogen-bond donors (Lipinski definition) is 1. The van der Waals surface area contributed by atoms with E-state index in [2.05, 4.69) is 9.97 Å². The second kappa shape index (κ2) is 8.81. The molecule has 0 aliphatic carbocycles. The number of nitrogens with zero attached hydrogens (tertiary/aromatic N) is 2. The minimum Gasteiger partial charge on any atom is -0.461 e. The van der Waals surface area contributed by atoms with Gasteiger partial charge >= 0.3 is 11.7 Å². The topological polar surface area (TPSA) is 117 Å². The van der Waals surface area contributed by atoms with Crippen molar-refractivity contribution in [2.75, 3.05) is 13.7 Å². The van der Waals surface area contributed by atoms with Crippen LogP contribution in [0.2, 0.25) is 5.02 Å². The molecule has 0 aliphatic rings. The van der Waals surface area contributed by atoms with Gasteiger partial charge < -0.3 is 19.2 Å². The molecule has 0 spiro atoms. The minimum atomic E-state index is -0.567. The third-order valence-corrected chi connectivity index (χ3v) is 5.06. The summed E-state index contributed by atoms with van der Waals surface area (Å²) in [7, 11) is 1.51. The minimum absolute atomic E-state index is 0.0363. The normalized spacial score (nSPS) is 11.1. The average Bonchev–Trinajstić information content (AvgIpc) is 3.15. The largest absolute Gasteiger partial charge is 0.461 e. The summed E-state index contributed by atoms with van der Waals surface area (Å²) in [6.07, 6.45) is 1.54. The lowest BCUT2D eigenvalue weighted by Gasteiger charge is -2.11. The molecule has 0 unspecified atom stereocenters. The Morgan fingerprint density at radius 2 is 2.00 bits per heavy atom. The Balaban J connectivity index is 1.96. The van der Waals surface area contributed by atoms with E-state index in [-0.39, 0.29) is 35.4 Å². The van der Waals surface area contributed by atoms with Gasteiger partial charge in [-0.25, -0.2) is 9.78 Å². The molecule has 0 radical (unpaired) electrons. The summed E-state index contributed by atoms with van der Waals surface area (Å²) in [5.74, 6) is -0.172. The molecule has 0 saturated heterocycles. The Kier molecular flexibility index (Phi) is 5.93. The van der Waals surface area contributed by atoms with Crippen LogP contribution in [0.15, 0.2) is 42.6 Å². The number of hydrogen-bond acceptors (Lipinski definition) is 7. The van der Waals surface area contributed by atoms with Crippen LogP contribution in [0, 0.1) is 10.1 Å². The fourth-order valence-electron chi connectivity index (χ4n) is 3.55. The molecule has 10 heteroatoms. The van der Waals surface area contributed by atoms with Gasteiger partial charge in [0.25, 0.3) is 0 Å². The molecule has 32 heavy (non-hydrogen) atoms. The Hall–Kier alpha value is -3.69. The van der Waals surface area contributed by atoms with E-state index >= 15 is 0 Å². The van der Waals surface area contributed by atoms with Gasteiger partial charge in [-0.15, -0.1) is 0 Å². The number of aromatic nitrogens is 2. The van der Waals surface area contributed by atoms with E-state index in [0.29, 0.717) is 33.1 Å². The summed E-state index contributed by atoms with van der Waals surface area (Å²) < 4.78 is 16.5. The number of pyridine rings is 1. The number of ether oxygens (including phenoxy) is 3. The first-order valence-electron chi connectivity index (χ1n) is 9.64. The number of halogens is 1. The highest BCUT2D eigenvalue weighted by molar-refractivity contribution is 6.30. The van der Waals surface area contributed by atoms with E-state index < -0.39 is 10.9 Å². The first-order chi connectivity index (χ1) is 15.4. The lowest BCUT2D eigenvalue weighted by molar-refractivity contribution is -0.385. The van der Waals surface area contributed by atoms with Crippen molar-refractivity contribution in [1.29, 1.82) is 0 Å². The maximum Gasteiger partial charge on any atom is 0.357 e. The molecule has 0 aliphatic heterocycles. The summed E-state index contributed by atoms with van der Waals surface area (Å²) in [4.78, 5) is 30.9. The van der Waals surface area contributed by atoms with E-state index in [9.17, 15) is 14.9 Å². The molecule has 0 amide bonds. The standard InChI is InChI=1S/C22H18ClN3O6/c1-3-31-22(27)21-13(11-30-2)19-15(10-24-21)25-14-5-4-6-18(20(14)19)32-17-8-7-12(23)9-16(17)26(28)29/h4-10,25H,3,11H2,1-2H3. The Morgan fingerprint density at radius 1 is 1.19 bits per heavy atom. The van der Waals surface area contributed by atoms with Crippen LogP contribution in [-0.4, -0.2) is 34.6 Å². The van der Waals surface area contributed by atoms with Crippen LogP contribution in [-0.2, 0) is 16.1 Å². The summed E-state index contributed by atoms with van der Waals surface area (Å²) in [6, 6.07) is 9.46. The zero-order valence-corrected chi connectivity index (χ0v) is 17.9. The SMILES string of the molecule is CCOC(=O)c1ncc2[nH]c3cccc(Oc4ccc(Cl)cc4[N+](=O)[O-])c3c2c1COC. The third kappa shape index (κ3) is 3.83. The van der Waals surface area contributed by atoms with Gasteiger partial charge in [0.05, 0.1) is 40.8 Å². The number of aromatic amines is 1. The van der Waals surface area contributed by atoms with Crippen LogP contribution in [0.1, 0.15) is 23.0 Å². The smallest absolute Gasteiger partial charge is 0.357 e. The van der Waals surface area contributed by atoms with Crippen LogP contribution in [0.4, 0.5) is 5.69 Å². The van der Waals surface area contributed by atoms with Gasteiger partial charge in [0, 0.05) is 29.1 Å².